The molecule has 0 unspecified atom stereocenters. The molecule has 0 atom stereocenters. The summed E-state index contributed by atoms with van der Waals surface area (Å²) in [6.45, 7) is 9.23. The first-order valence-corrected chi connectivity index (χ1v) is 6.60. The summed E-state index contributed by atoms with van der Waals surface area (Å²) in [5.74, 6) is 0. The Hall–Kier alpha value is -2.10. The first-order chi connectivity index (χ1) is 9.10. The molecule has 3 rings (SSSR count). The van der Waals surface area contributed by atoms with E-state index in [0.717, 1.165) is 29.1 Å². The second-order valence-corrected chi connectivity index (χ2v) is 4.96. The van der Waals surface area contributed by atoms with E-state index in [1.807, 2.05) is 17.7 Å². The van der Waals surface area contributed by atoms with Crippen molar-refractivity contribution in [1.29, 1.82) is 0 Å². The van der Waals surface area contributed by atoms with E-state index >= 15 is 0 Å². The van der Waals surface area contributed by atoms with Gasteiger partial charge in [0.1, 0.15) is 5.65 Å². The van der Waals surface area contributed by atoms with Gasteiger partial charge in [-0.05, 0) is 39.3 Å². The lowest BCUT2D eigenvalue weighted by atomic mass is 10.1. The van der Waals surface area contributed by atoms with Crippen LogP contribution in [0.2, 0.25) is 0 Å². The van der Waals surface area contributed by atoms with Crippen molar-refractivity contribution in [2.75, 3.05) is 0 Å². The molecule has 4 heteroatoms. The lowest BCUT2D eigenvalue weighted by Gasteiger charge is -1.99. The maximum absolute atomic E-state index is 4.70. The van der Waals surface area contributed by atoms with Crippen LogP contribution in [0.5, 0.6) is 0 Å². The normalized spacial score (nSPS) is 11.4. The summed E-state index contributed by atoms with van der Waals surface area (Å²) in [5.41, 5.74) is 6.58. The van der Waals surface area contributed by atoms with Gasteiger partial charge in [-0.15, -0.1) is 0 Å². The van der Waals surface area contributed by atoms with Gasteiger partial charge in [0.15, 0.2) is 0 Å². The van der Waals surface area contributed by atoms with E-state index in [1.54, 1.807) is 0 Å². The smallest absolute Gasteiger partial charge is 0.137 e. The summed E-state index contributed by atoms with van der Waals surface area (Å²) in [7, 11) is 0. The number of nitrogens with zero attached hydrogens (tertiary/aromatic N) is 4. The maximum Gasteiger partial charge on any atom is 0.137 e. The number of hydrogen-bond acceptors (Lipinski definition) is 2. The van der Waals surface area contributed by atoms with Crippen LogP contribution in [0.15, 0.2) is 24.5 Å². The Bertz CT molecular complexity index is 749. The average Bonchev–Trinajstić information content (AvgIpc) is 2.89. The third kappa shape index (κ3) is 1.84. The van der Waals surface area contributed by atoms with E-state index in [0.29, 0.717) is 0 Å². The molecule has 0 saturated heterocycles. The number of imidazole rings is 1. The molecule has 3 aromatic heterocycles. The van der Waals surface area contributed by atoms with Crippen LogP contribution in [-0.4, -0.2) is 19.2 Å². The number of fused-ring (bicyclic) bond motifs is 1. The first-order valence-electron chi connectivity index (χ1n) is 6.60. The lowest BCUT2D eigenvalue weighted by Crippen LogP contribution is -1.98. The predicted molar refractivity (Wildman–Crippen MR) is 76.3 cm³/mol. The van der Waals surface area contributed by atoms with Crippen molar-refractivity contribution in [3.8, 4) is 11.3 Å². The molecule has 0 aliphatic heterocycles. The highest BCUT2D eigenvalue weighted by Gasteiger charge is 2.15. The molecule has 98 valence electrons. The number of aromatic nitrogens is 4. The summed E-state index contributed by atoms with van der Waals surface area (Å²) in [5, 5.41) is 4.56. The number of hydrogen-bond donors (Lipinski definition) is 0. The quantitative estimate of drug-likeness (QED) is 0.704. The molecule has 0 bridgehead atoms. The van der Waals surface area contributed by atoms with Gasteiger partial charge in [-0.25, -0.2) is 4.98 Å². The first kappa shape index (κ1) is 12.0. The molecule has 0 aliphatic carbocycles. The van der Waals surface area contributed by atoms with E-state index < -0.39 is 0 Å². The van der Waals surface area contributed by atoms with Crippen LogP contribution >= 0.6 is 0 Å². The van der Waals surface area contributed by atoms with Crippen molar-refractivity contribution in [3.05, 3.63) is 41.5 Å². The van der Waals surface area contributed by atoms with Gasteiger partial charge in [-0.2, -0.15) is 5.10 Å². The maximum atomic E-state index is 4.70. The van der Waals surface area contributed by atoms with Crippen molar-refractivity contribution in [3.63, 3.8) is 0 Å². The van der Waals surface area contributed by atoms with Crippen LogP contribution < -0.4 is 0 Å². The third-order valence-corrected chi connectivity index (χ3v) is 3.54. The van der Waals surface area contributed by atoms with Crippen molar-refractivity contribution in [2.24, 2.45) is 0 Å². The summed E-state index contributed by atoms with van der Waals surface area (Å²) in [4.78, 5) is 4.70. The van der Waals surface area contributed by atoms with Crippen LogP contribution in [-0.2, 0) is 6.54 Å². The van der Waals surface area contributed by atoms with Gasteiger partial charge in [0.2, 0.25) is 0 Å². The summed E-state index contributed by atoms with van der Waals surface area (Å²) >= 11 is 0. The molecule has 4 nitrogen and oxygen atoms in total. The van der Waals surface area contributed by atoms with Gasteiger partial charge < -0.3 is 4.40 Å². The van der Waals surface area contributed by atoms with E-state index in [1.165, 1.54) is 11.3 Å². The average molecular weight is 254 g/mol. The number of pyridine rings is 1. The minimum absolute atomic E-state index is 0.888. The Kier molecular flexibility index (Phi) is 2.66. The van der Waals surface area contributed by atoms with Gasteiger partial charge in [0, 0.05) is 30.2 Å². The molecule has 0 fully saturated rings. The molecule has 19 heavy (non-hydrogen) atoms. The predicted octanol–water partition coefficient (Wildman–Crippen LogP) is 3.14. The molecule has 0 spiro atoms. The van der Waals surface area contributed by atoms with Crippen LogP contribution in [0.4, 0.5) is 0 Å². The Labute approximate surface area is 112 Å². The van der Waals surface area contributed by atoms with Gasteiger partial charge in [0.05, 0.1) is 11.4 Å². The monoisotopic (exact) mass is 254 g/mol. The zero-order valence-corrected chi connectivity index (χ0v) is 11.8. The molecule has 0 N–H and O–H groups in total. The summed E-state index contributed by atoms with van der Waals surface area (Å²) in [6.07, 6.45) is 4.18. The SMILES string of the molecule is CCn1nc(C)c(-c2cn3cc(C)ccc3n2)c1C. The standard InChI is InChI=1S/C15H18N4/c1-5-19-12(4)15(11(3)17-19)13-9-18-8-10(2)6-7-14(18)16-13/h6-9H,5H2,1-4H3. The fraction of sp³-hybridized carbons (Fsp3) is 0.333. The van der Waals surface area contributed by atoms with E-state index in [4.69, 9.17) is 4.98 Å². The molecule has 0 aromatic carbocycles. The van der Waals surface area contributed by atoms with Crippen LogP contribution in [0.1, 0.15) is 23.9 Å². The third-order valence-electron chi connectivity index (χ3n) is 3.54. The molecule has 0 amide bonds. The highest BCUT2D eigenvalue weighted by Crippen LogP contribution is 2.26. The van der Waals surface area contributed by atoms with E-state index in [2.05, 4.69) is 48.7 Å². The van der Waals surface area contributed by atoms with Crippen LogP contribution in [0, 0.1) is 20.8 Å². The molecule has 0 saturated carbocycles. The Morgan fingerprint density at radius 3 is 2.58 bits per heavy atom. The molecule has 3 heterocycles. The Balaban J connectivity index is 2.21. The zero-order chi connectivity index (χ0) is 13.6. The summed E-state index contributed by atoms with van der Waals surface area (Å²) in [6, 6.07) is 4.13. The van der Waals surface area contributed by atoms with Gasteiger partial charge >= 0.3 is 0 Å². The van der Waals surface area contributed by atoms with Crippen molar-refractivity contribution in [2.45, 2.75) is 34.2 Å². The minimum Gasteiger partial charge on any atom is -0.306 e. The van der Waals surface area contributed by atoms with E-state index in [9.17, 15) is 0 Å². The fourth-order valence-electron chi connectivity index (χ4n) is 2.60. The lowest BCUT2D eigenvalue weighted by molar-refractivity contribution is 0.634. The molecule has 0 radical (unpaired) electrons. The topological polar surface area (TPSA) is 35.1 Å². The molecule has 0 aliphatic rings. The van der Waals surface area contributed by atoms with Crippen molar-refractivity contribution in [1.82, 2.24) is 19.2 Å². The summed E-state index contributed by atoms with van der Waals surface area (Å²) < 4.78 is 4.10. The Morgan fingerprint density at radius 2 is 1.89 bits per heavy atom. The van der Waals surface area contributed by atoms with Gasteiger partial charge in [0.25, 0.3) is 0 Å². The molecular weight excluding hydrogens is 236 g/mol. The zero-order valence-electron chi connectivity index (χ0n) is 11.8. The highest BCUT2D eigenvalue weighted by molar-refractivity contribution is 5.67. The molecular formula is C15H18N4. The fourth-order valence-corrected chi connectivity index (χ4v) is 2.60. The molecule has 3 aromatic rings. The van der Waals surface area contributed by atoms with Gasteiger partial charge in [-0.1, -0.05) is 6.07 Å². The van der Waals surface area contributed by atoms with Crippen molar-refractivity contribution >= 4 is 5.65 Å². The van der Waals surface area contributed by atoms with Crippen LogP contribution in [0.25, 0.3) is 16.9 Å². The number of aryl methyl sites for hydroxylation is 3. The highest BCUT2D eigenvalue weighted by atomic mass is 15.3. The second-order valence-electron chi connectivity index (χ2n) is 4.96. The Morgan fingerprint density at radius 1 is 1.11 bits per heavy atom. The second kappa shape index (κ2) is 4.23. The van der Waals surface area contributed by atoms with Crippen LogP contribution in [0.3, 0.4) is 0 Å². The largest absolute Gasteiger partial charge is 0.306 e. The minimum atomic E-state index is 0.888. The van der Waals surface area contributed by atoms with Crippen molar-refractivity contribution < 1.29 is 0 Å². The number of rotatable bonds is 2. The van der Waals surface area contributed by atoms with Gasteiger partial charge in [-0.3, -0.25) is 4.68 Å². The van der Waals surface area contributed by atoms with E-state index in [-0.39, 0.29) is 0 Å².